The molecule has 0 amide bonds. The van der Waals surface area contributed by atoms with Crippen LogP contribution < -0.4 is 5.32 Å². The van der Waals surface area contributed by atoms with Crippen molar-refractivity contribution in [2.45, 2.75) is 45.7 Å². The lowest BCUT2D eigenvalue weighted by Gasteiger charge is -2.40. The van der Waals surface area contributed by atoms with Crippen LogP contribution >= 0.6 is 23.1 Å². The van der Waals surface area contributed by atoms with Gasteiger partial charge >= 0.3 is 0 Å². The molecule has 0 atom stereocenters. The van der Waals surface area contributed by atoms with Gasteiger partial charge in [-0.25, -0.2) is 9.37 Å². The molecule has 1 aromatic carbocycles. The SMILES string of the molecule is CCN(CC)Cc1ccc(-c2cc(NCCCN3CCC(N4CCSCC4)CC3)c3sccc3n2)cc1F. The van der Waals surface area contributed by atoms with Crippen LogP contribution in [0.2, 0.25) is 0 Å². The fourth-order valence-electron chi connectivity index (χ4n) is 5.73. The molecule has 2 aliphatic rings. The van der Waals surface area contributed by atoms with Crippen molar-refractivity contribution in [1.29, 1.82) is 0 Å². The Morgan fingerprint density at radius 1 is 1.05 bits per heavy atom. The van der Waals surface area contributed by atoms with E-state index in [-0.39, 0.29) is 5.82 Å². The number of nitrogens with zero attached hydrogens (tertiary/aromatic N) is 4. The van der Waals surface area contributed by atoms with E-state index < -0.39 is 0 Å². The lowest BCUT2D eigenvalue weighted by molar-refractivity contribution is 0.116. The molecule has 2 saturated heterocycles. The third kappa shape index (κ3) is 6.89. The lowest BCUT2D eigenvalue weighted by Crippen LogP contribution is -2.47. The molecule has 0 spiro atoms. The van der Waals surface area contributed by atoms with Crippen LogP contribution in [0.4, 0.5) is 10.1 Å². The Morgan fingerprint density at radius 2 is 1.84 bits per heavy atom. The topological polar surface area (TPSA) is 34.6 Å². The molecule has 4 heterocycles. The Hall–Kier alpha value is -1.71. The predicted molar refractivity (Wildman–Crippen MR) is 163 cm³/mol. The van der Waals surface area contributed by atoms with E-state index in [1.54, 1.807) is 17.4 Å². The van der Waals surface area contributed by atoms with Gasteiger partial charge in [-0.1, -0.05) is 26.0 Å². The number of pyridine rings is 1. The van der Waals surface area contributed by atoms with Crippen molar-refractivity contribution in [3.05, 3.63) is 47.1 Å². The molecule has 2 aliphatic heterocycles. The first-order chi connectivity index (χ1) is 18.6. The molecule has 2 aromatic heterocycles. The number of halogens is 1. The molecular formula is C30H42FN5S2. The van der Waals surface area contributed by atoms with Gasteiger partial charge in [-0.15, -0.1) is 11.3 Å². The number of fused-ring (bicyclic) bond motifs is 1. The van der Waals surface area contributed by atoms with Crippen molar-refractivity contribution in [3.63, 3.8) is 0 Å². The van der Waals surface area contributed by atoms with Gasteiger partial charge in [0, 0.05) is 54.9 Å². The maximum absolute atomic E-state index is 15.0. The molecule has 8 heteroatoms. The summed E-state index contributed by atoms with van der Waals surface area (Å²) in [7, 11) is 0. The summed E-state index contributed by atoms with van der Waals surface area (Å²) in [5.41, 5.74) is 4.48. The van der Waals surface area contributed by atoms with Crippen LogP contribution in [0.1, 0.15) is 38.7 Å². The number of aromatic nitrogens is 1. The monoisotopic (exact) mass is 555 g/mol. The first-order valence-electron chi connectivity index (χ1n) is 14.3. The van der Waals surface area contributed by atoms with E-state index in [0.29, 0.717) is 6.54 Å². The standard InChI is InChI=1S/C30H42FN5S2/c1-3-34(4-2)22-24-7-6-23(20-26(24)31)28-21-29(30-27(33-28)10-17-38-30)32-11-5-12-35-13-8-25(9-14-35)36-15-18-37-19-16-36/h6-7,10,17,20-21,25H,3-5,8-9,11-16,18-19,22H2,1-2H3,(H,32,33). The Labute approximate surface area is 235 Å². The Kier molecular flexibility index (Phi) is 9.95. The molecule has 1 N–H and O–H groups in total. The molecule has 5 rings (SSSR count). The van der Waals surface area contributed by atoms with Crippen molar-refractivity contribution < 1.29 is 4.39 Å². The second-order valence-electron chi connectivity index (χ2n) is 10.5. The van der Waals surface area contributed by atoms with E-state index >= 15 is 4.39 Å². The van der Waals surface area contributed by atoms with Gasteiger partial charge < -0.3 is 10.2 Å². The number of thioether (sulfide) groups is 1. The third-order valence-corrected chi connectivity index (χ3v) is 10.0. The molecule has 3 aromatic rings. The van der Waals surface area contributed by atoms with Crippen molar-refractivity contribution in [3.8, 4) is 11.3 Å². The molecule has 2 fully saturated rings. The Balaban J connectivity index is 1.17. The number of hydrogen-bond acceptors (Lipinski definition) is 7. The highest BCUT2D eigenvalue weighted by Gasteiger charge is 2.25. The maximum Gasteiger partial charge on any atom is 0.128 e. The minimum atomic E-state index is -0.154. The van der Waals surface area contributed by atoms with E-state index in [9.17, 15) is 0 Å². The number of hydrogen-bond donors (Lipinski definition) is 1. The molecular weight excluding hydrogens is 513 g/mol. The average molecular weight is 556 g/mol. The quantitative estimate of drug-likeness (QED) is 0.282. The van der Waals surface area contributed by atoms with Crippen LogP contribution in [0.15, 0.2) is 35.7 Å². The highest BCUT2D eigenvalue weighted by atomic mass is 32.2. The number of rotatable bonds is 11. The van der Waals surface area contributed by atoms with Crippen molar-refractivity contribution in [1.82, 2.24) is 19.7 Å². The smallest absolute Gasteiger partial charge is 0.128 e. The number of piperidine rings is 1. The summed E-state index contributed by atoms with van der Waals surface area (Å²) in [5.74, 6) is 2.45. The second-order valence-corrected chi connectivity index (χ2v) is 12.6. The summed E-state index contributed by atoms with van der Waals surface area (Å²) in [6.45, 7) is 13.8. The normalized spacial score (nSPS) is 18.0. The Morgan fingerprint density at radius 3 is 2.58 bits per heavy atom. The van der Waals surface area contributed by atoms with Crippen molar-refractivity contribution >= 4 is 39.0 Å². The summed E-state index contributed by atoms with van der Waals surface area (Å²) in [6.07, 6.45) is 3.74. The van der Waals surface area contributed by atoms with Gasteiger partial charge in [0.2, 0.25) is 0 Å². The minimum absolute atomic E-state index is 0.154. The van der Waals surface area contributed by atoms with Gasteiger partial charge in [0.05, 0.1) is 21.6 Å². The zero-order valence-corrected chi connectivity index (χ0v) is 24.6. The lowest BCUT2D eigenvalue weighted by atomic mass is 10.0. The number of anilines is 1. The van der Waals surface area contributed by atoms with Crippen LogP contribution in [0.25, 0.3) is 21.5 Å². The van der Waals surface area contributed by atoms with E-state index in [1.807, 2.05) is 12.1 Å². The molecule has 0 radical (unpaired) electrons. The fourth-order valence-corrected chi connectivity index (χ4v) is 7.49. The number of likely N-dealkylation sites (tertiary alicyclic amines) is 1. The van der Waals surface area contributed by atoms with E-state index in [0.717, 1.165) is 66.7 Å². The minimum Gasteiger partial charge on any atom is -0.384 e. The summed E-state index contributed by atoms with van der Waals surface area (Å²) < 4.78 is 16.2. The summed E-state index contributed by atoms with van der Waals surface area (Å²) in [4.78, 5) is 12.5. The molecule has 38 heavy (non-hydrogen) atoms. The largest absolute Gasteiger partial charge is 0.384 e. The van der Waals surface area contributed by atoms with E-state index in [1.165, 1.54) is 55.2 Å². The highest BCUT2D eigenvalue weighted by molar-refractivity contribution is 7.99. The van der Waals surface area contributed by atoms with Crippen LogP contribution in [0, 0.1) is 5.82 Å². The molecule has 0 unspecified atom stereocenters. The number of nitrogens with one attached hydrogen (secondary N) is 1. The highest BCUT2D eigenvalue weighted by Crippen LogP contribution is 2.32. The zero-order chi connectivity index (χ0) is 26.3. The second kappa shape index (κ2) is 13.6. The fraction of sp³-hybridized carbons (Fsp3) is 0.567. The van der Waals surface area contributed by atoms with Crippen LogP contribution in [0.3, 0.4) is 0 Å². The van der Waals surface area contributed by atoms with Crippen molar-refractivity contribution in [2.75, 3.05) is 69.2 Å². The average Bonchev–Trinajstić information content (AvgIpc) is 3.44. The third-order valence-electron chi connectivity index (χ3n) is 8.13. The van der Waals surface area contributed by atoms with Gasteiger partial charge in [0.15, 0.2) is 0 Å². The Bertz CT molecular complexity index is 1170. The van der Waals surface area contributed by atoms with Crippen LogP contribution in [-0.4, -0.2) is 89.6 Å². The van der Waals surface area contributed by atoms with Crippen molar-refractivity contribution in [2.24, 2.45) is 0 Å². The van der Waals surface area contributed by atoms with Crippen LogP contribution in [0.5, 0.6) is 0 Å². The molecule has 206 valence electrons. The van der Waals surface area contributed by atoms with Crippen LogP contribution in [-0.2, 0) is 6.54 Å². The van der Waals surface area contributed by atoms with Gasteiger partial charge in [-0.05, 0) is 75.6 Å². The predicted octanol–water partition coefficient (Wildman–Crippen LogP) is 6.26. The molecule has 0 aliphatic carbocycles. The van der Waals surface area contributed by atoms with E-state index in [2.05, 4.69) is 63.1 Å². The van der Waals surface area contributed by atoms with Gasteiger partial charge in [-0.3, -0.25) is 9.80 Å². The first-order valence-corrected chi connectivity index (χ1v) is 16.4. The van der Waals surface area contributed by atoms with Gasteiger partial charge in [0.25, 0.3) is 0 Å². The first kappa shape index (κ1) is 27.8. The molecule has 5 nitrogen and oxygen atoms in total. The van der Waals surface area contributed by atoms with E-state index in [4.69, 9.17) is 4.98 Å². The number of benzene rings is 1. The summed E-state index contributed by atoms with van der Waals surface area (Å²) >= 11 is 3.81. The zero-order valence-electron chi connectivity index (χ0n) is 22.9. The number of thiophene rings is 1. The van der Waals surface area contributed by atoms with Gasteiger partial charge in [0.1, 0.15) is 5.82 Å². The molecule has 0 saturated carbocycles. The molecule has 0 bridgehead atoms. The van der Waals surface area contributed by atoms with Gasteiger partial charge in [-0.2, -0.15) is 11.8 Å². The summed E-state index contributed by atoms with van der Waals surface area (Å²) in [6, 6.07) is 10.5. The summed E-state index contributed by atoms with van der Waals surface area (Å²) in [5, 5.41) is 5.77. The maximum atomic E-state index is 15.0.